The van der Waals surface area contributed by atoms with Crippen molar-refractivity contribution >= 4 is 0 Å². The normalized spacial score (nSPS) is 32.2. The molecule has 1 saturated heterocycles. The Bertz CT molecular complexity index is 860. The van der Waals surface area contributed by atoms with Crippen LogP contribution in [0.25, 0.3) is 0 Å². The van der Waals surface area contributed by atoms with Gasteiger partial charge in [-0.2, -0.15) is 0 Å². The number of hydrogen-bond acceptors (Lipinski definition) is 4. The van der Waals surface area contributed by atoms with Gasteiger partial charge in [0.25, 0.3) is 0 Å². The average Bonchev–Trinajstić information content (AvgIpc) is 2.94. The average molecular weight is 510 g/mol. The predicted molar refractivity (Wildman–Crippen MR) is 157 cm³/mol. The Labute approximate surface area is 227 Å². The second-order valence-electron chi connectivity index (χ2n) is 12.0. The van der Waals surface area contributed by atoms with Crippen LogP contribution in [0.4, 0.5) is 0 Å². The van der Waals surface area contributed by atoms with E-state index in [1.807, 2.05) is 0 Å². The summed E-state index contributed by atoms with van der Waals surface area (Å²) in [6, 6.07) is 0.0164. The molecule has 1 aliphatic carbocycles. The summed E-state index contributed by atoms with van der Waals surface area (Å²) in [5, 5.41) is 11.4. The zero-order valence-electron chi connectivity index (χ0n) is 24.3. The minimum absolute atomic E-state index is 0.0164. The molecule has 0 aromatic carbocycles. The third-order valence-corrected chi connectivity index (χ3v) is 8.12. The molecular weight excluding hydrogens is 456 g/mol. The minimum Gasteiger partial charge on any atom is -0.378 e. The van der Waals surface area contributed by atoms with Crippen molar-refractivity contribution in [2.45, 2.75) is 104 Å². The zero-order valence-corrected chi connectivity index (χ0v) is 24.3. The summed E-state index contributed by atoms with van der Waals surface area (Å²) in [5.41, 5.74) is 5.00. The lowest BCUT2D eigenvalue weighted by Gasteiger charge is -2.35. The maximum absolute atomic E-state index is 11.4. The third kappa shape index (κ3) is 9.28. The number of hydrogen-bond donors (Lipinski definition) is 1. The van der Waals surface area contributed by atoms with E-state index in [1.165, 1.54) is 28.8 Å². The summed E-state index contributed by atoms with van der Waals surface area (Å²) < 4.78 is 6.68. The van der Waals surface area contributed by atoms with Gasteiger partial charge in [0.05, 0.1) is 19.1 Å². The van der Waals surface area contributed by atoms with Crippen molar-refractivity contribution in [2.75, 3.05) is 26.2 Å². The van der Waals surface area contributed by atoms with Gasteiger partial charge in [-0.1, -0.05) is 68.9 Å². The van der Waals surface area contributed by atoms with Gasteiger partial charge < -0.3 is 14.7 Å². The van der Waals surface area contributed by atoms with Gasteiger partial charge in [0, 0.05) is 38.5 Å². The lowest BCUT2D eigenvalue weighted by atomic mass is 9.99. The van der Waals surface area contributed by atoms with Crippen molar-refractivity contribution in [1.29, 1.82) is 0 Å². The van der Waals surface area contributed by atoms with Crippen molar-refractivity contribution in [3.63, 3.8) is 0 Å². The first-order chi connectivity index (χ1) is 17.7. The fraction of sp³-hybridized carbons (Fsp3) is 0.667. The number of aliphatic hydroxyl groups excluding tert-OH is 1. The molecule has 0 aromatic rings. The van der Waals surface area contributed by atoms with Gasteiger partial charge in [-0.3, -0.25) is 0 Å². The van der Waals surface area contributed by atoms with Crippen LogP contribution >= 0.6 is 0 Å². The Hall–Kier alpha value is -1.59. The number of allylic oxidation sites excluding steroid dienone is 4. The molecule has 1 fully saturated rings. The second kappa shape index (κ2) is 14.5. The molecule has 0 aromatic heterocycles. The van der Waals surface area contributed by atoms with Crippen molar-refractivity contribution in [3.8, 4) is 0 Å². The molecule has 0 saturated carbocycles. The molecule has 4 atom stereocenters. The lowest BCUT2D eigenvalue weighted by molar-refractivity contribution is -0.0368. The SMILES string of the molecule is C=C1C/C=C(/CN2C([CH2+])C/C=C\C(C)=CC(CC)C2O)C=C(C)CCC1OC1CCN(CC(C)C)CC1. The van der Waals surface area contributed by atoms with Gasteiger partial charge in [0.15, 0.2) is 6.04 Å². The van der Waals surface area contributed by atoms with Crippen LogP contribution in [0.15, 0.2) is 59.3 Å². The zero-order chi connectivity index (χ0) is 26.9. The van der Waals surface area contributed by atoms with Crippen molar-refractivity contribution in [2.24, 2.45) is 11.8 Å². The number of likely N-dealkylation sites (tertiary alicyclic amines) is 1. The van der Waals surface area contributed by atoms with Crippen LogP contribution in [0.2, 0.25) is 0 Å². The number of nitrogens with zero attached hydrogens (tertiary/aromatic N) is 2. The summed E-state index contributed by atoms with van der Waals surface area (Å²) in [6.07, 6.45) is 17.9. The minimum atomic E-state index is -0.551. The summed E-state index contributed by atoms with van der Waals surface area (Å²) in [6.45, 7) is 24.1. The first-order valence-electron chi connectivity index (χ1n) is 14.7. The maximum Gasteiger partial charge on any atom is 0.154 e. The monoisotopic (exact) mass is 509 g/mol. The Kier molecular flexibility index (Phi) is 11.8. The van der Waals surface area contributed by atoms with E-state index in [1.54, 1.807) is 0 Å². The highest BCUT2D eigenvalue weighted by Gasteiger charge is 2.31. The molecule has 0 bridgehead atoms. The van der Waals surface area contributed by atoms with Gasteiger partial charge in [-0.15, -0.1) is 0 Å². The number of rotatable bonds is 7. The second-order valence-corrected chi connectivity index (χ2v) is 12.0. The molecule has 4 unspecified atom stereocenters. The Morgan fingerprint density at radius 3 is 2.59 bits per heavy atom. The van der Waals surface area contributed by atoms with Gasteiger partial charge in [0.1, 0.15) is 6.23 Å². The van der Waals surface area contributed by atoms with Crippen LogP contribution in [-0.4, -0.2) is 65.6 Å². The highest BCUT2D eigenvalue weighted by molar-refractivity contribution is 5.29. The van der Waals surface area contributed by atoms with Gasteiger partial charge in [-0.05, 0) is 69.4 Å². The van der Waals surface area contributed by atoms with Gasteiger partial charge in [0.2, 0.25) is 0 Å². The van der Waals surface area contributed by atoms with E-state index >= 15 is 0 Å². The van der Waals surface area contributed by atoms with Crippen molar-refractivity contribution in [1.82, 2.24) is 9.80 Å². The summed E-state index contributed by atoms with van der Waals surface area (Å²) in [5.74, 6) is 0.809. The Balaban J connectivity index is 1.67. The molecule has 206 valence electrons. The first kappa shape index (κ1) is 30.0. The largest absolute Gasteiger partial charge is 0.378 e. The van der Waals surface area contributed by atoms with Crippen LogP contribution in [-0.2, 0) is 4.74 Å². The molecular formula is C33H53N2O2+. The third-order valence-electron chi connectivity index (χ3n) is 8.12. The highest BCUT2D eigenvalue weighted by Crippen LogP contribution is 2.28. The van der Waals surface area contributed by atoms with Crippen LogP contribution in [0.3, 0.4) is 0 Å². The van der Waals surface area contributed by atoms with E-state index in [-0.39, 0.29) is 18.1 Å². The number of ether oxygens (including phenoxy) is 1. The van der Waals surface area contributed by atoms with Gasteiger partial charge in [-0.25, -0.2) is 4.90 Å². The molecule has 37 heavy (non-hydrogen) atoms. The quantitative estimate of drug-likeness (QED) is 0.300. The summed E-state index contributed by atoms with van der Waals surface area (Å²) in [7, 11) is 0. The highest BCUT2D eigenvalue weighted by atomic mass is 16.5. The predicted octanol–water partition coefficient (Wildman–Crippen LogP) is 6.86. The first-order valence-corrected chi connectivity index (χ1v) is 14.7. The molecule has 1 N–H and O–H groups in total. The topological polar surface area (TPSA) is 35.9 Å². The number of piperidine rings is 1. The molecule has 3 aliphatic rings. The Morgan fingerprint density at radius 2 is 1.92 bits per heavy atom. The standard InChI is InChI=1S/C33H53N2O2/c1-8-30-21-25(4)10-9-11-28(7)35(33(30)36)23-29-14-13-27(6)32(15-12-26(5)20-29)37-31-16-18-34(19-17-31)22-24(2)3/h9-10,14,20-21,24,28,30-33,36H,6-8,11-13,15-19,22-23H2,1-5H3/q+1/b10-9-,25-21?,26-20?,29-14+. The summed E-state index contributed by atoms with van der Waals surface area (Å²) in [4.78, 5) is 4.76. The van der Waals surface area contributed by atoms with E-state index < -0.39 is 6.23 Å². The molecule has 0 spiro atoms. The van der Waals surface area contributed by atoms with E-state index in [9.17, 15) is 5.11 Å². The molecule has 2 heterocycles. The molecule has 2 aliphatic heterocycles. The van der Waals surface area contributed by atoms with Crippen LogP contribution in [0.5, 0.6) is 0 Å². The van der Waals surface area contributed by atoms with Gasteiger partial charge >= 0.3 is 0 Å². The fourth-order valence-electron chi connectivity index (χ4n) is 5.90. The molecule has 4 heteroatoms. The summed E-state index contributed by atoms with van der Waals surface area (Å²) >= 11 is 0. The Morgan fingerprint density at radius 1 is 1.19 bits per heavy atom. The van der Waals surface area contributed by atoms with E-state index in [2.05, 4.69) is 88.3 Å². The van der Waals surface area contributed by atoms with Crippen molar-refractivity contribution < 1.29 is 9.84 Å². The lowest BCUT2D eigenvalue weighted by Crippen LogP contribution is -2.46. The van der Waals surface area contributed by atoms with Crippen LogP contribution in [0.1, 0.15) is 79.6 Å². The van der Waals surface area contributed by atoms with Crippen molar-refractivity contribution in [3.05, 3.63) is 66.2 Å². The molecule has 3 rings (SSSR count). The van der Waals surface area contributed by atoms with Crippen LogP contribution in [0, 0.1) is 18.8 Å². The van der Waals surface area contributed by atoms with E-state index in [4.69, 9.17) is 4.74 Å². The van der Waals surface area contributed by atoms with E-state index in [0.717, 1.165) is 64.0 Å². The fourth-order valence-corrected chi connectivity index (χ4v) is 5.90. The number of aliphatic hydroxyl groups is 1. The smallest absolute Gasteiger partial charge is 0.154 e. The molecule has 0 amide bonds. The van der Waals surface area contributed by atoms with Crippen LogP contribution < -0.4 is 0 Å². The molecule has 4 nitrogen and oxygen atoms in total. The molecule has 0 radical (unpaired) electrons. The maximum atomic E-state index is 11.4. The van der Waals surface area contributed by atoms with E-state index in [0.29, 0.717) is 12.6 Å².